The molecule has 2 fully saturated rings. The third-order valence-corrected chi connectivity index (χ3v) is 5.95. The average molecular weight is 398 g/mol. The van der Waals surface area contributed by atoms with E-state index < -0.39 is 0 Å². The Labute approximate surface area is 169 Å². The Bertz CT molecular complexity index is 902. The molecule has 8 nitrogen and oxygen atoms in total. The molecule has 4 rings (SSSR count). The Kier molecular flexibility index (Phi) is 5.12. The lowest BCUT2D eigenvalue weighted by atomic mass is 9.71. The minimum Gasteiger partial charge on any atom is -0.375 e. The van der Waals surface area contributed by atoms with E-state index >= 15 is 0 Å². The van der Waals surface area contributed by atoms with Crippen molar-refractivity contribution in [1.29, 1.82) is 0 Å². The minimum absolute atomic E-state index is 0.0434. The Hall–Kier alpha value is -2.74. The highest BCUT2D eigenvalue weighted by atomic mass is 16.5. The number of amides is 2. The molecule has 2 aliphatic heterocycles. The molecule has 1 aromatic heterocycles. The molecule has 2 aromatic rings. The van der Waals surface area contributed by atoms with Crippen molar-refractivity contribution in [3.8, 4) is 0 Å². The Morgan fingerprint density at radius 3 is 2.45 bits per heavy atom. The topological polar surface area (TPSA) is 88.8 Å². The molecule has 0 N–H and O–H groups in total. The molecule has 1 spiro atoms. The Morgan fingerprint density at radius 1 is 1.14 bits per heavy atom. The van der Waals surface area contributed by atoms with E-state index in [4.69, 9.17) is 9.26 Å². The summed E-state index contributed by atoms with van der Waals surface area (Å²) in [6.07, 6.45) is 0.382. The van der Waals surface area contributed by atoms with Gasteiger partial charge in [0.2, 0.25) is 17.7 Å². The highest BCUT2D eigenvalue weighted by Gasteiger charge is 2.58. The lowest BCUT2D eigenvalue weighted by Gasteiger charge is -2.50. The van der Waals surface area contributed by atoms with Crippen molar-refractivity contribution in [3.63, 3.8) is 0 Å². The van der Waals surface area contributed by atoms with Gasteiger partial charge in [-0.25, -0.2) is 0 Å². The molecule has 8 heteroatoms. The molecule has 1 aromatic carbocycles. The first-order chi connectivity index (χ1) is 13.9. The van der Waals surface area contributed by atoms with Crippen molar-refractivity contribution in [2.24, 2.45) is 5.41 Å². The van der Waals surface area contributed by atoms with Crippen LogP contribution in [0.2, 0.25) is 0 Å². The number of likely N-dealkylation sites (tertiary alicyclic amines) is 2. The van der Waals surface area contributed by atoms with Crippen LogP contribution in [0.15, 0.2) is 28.8 Å². The molecular formula is C21H26N4O4. The van der Waals surface area contributed by atoms with E-state index in [0.717, 1.165) is 5.56 Å². The Morgan fingerprint density at radius 2 is 1.83 bits per heavy atom. The maximum absolute atomic E-state index is 12.8. The van der Waals surface area contributed by atoms with Gasteiger partial charge < -0.3 is 19.1 Å². The van der Waals surface area contributed by atoms with E-state index in [1.165, 1.54) is 12.7 Å². The van der Waals surface area contributed by atoms with Gasteiger partial charge in [0.15, 0.2) is 5.82 Å². The predicted molar refractivity (Wildman–Crippen MR) is 104 cm³/mol. The van der Waals surface area contributed by atoms with Gasteiger partial charge in [-0.3, -0.25) is 9.59 Å². The molecule has 3 heterocycles. The van der Waals surface area contributed by atoms with Gasteiger partial charge in [-0.05, 0) is 19.4 Å². The van der Waals surface area contributed by atoms with Crippen LogP contribution in [0.25, 0.3) is 0 Å². The molecule has 2 amide bonds. The number of aryl methyl sites for hydroxylation is 2. The van der Waals surface area contributed by atoms with Gasteiger partial charge >= 0.3 is 0 Å². The first kappa shape index (κ1) is 19.6. The summed E-state index contributed by atoms with van der Waals surface area (Å²) in [7, 11) is 1.51. The van der Waals surface area contributed by atoms with Gasteiger partial charge in [0, 0.05) is 38.7 Å². The maximum Gasteiger partial charge on any atom is 0.248 e. The van der Waals surface area contributed by atoms with Gasteiger partial charge in [-0.1, -0.05) is 35.0 Å². The van der Waals surface area contributed by atoms with Crippen molar-refractivity contribution in [2.45, 2.75) is 26.2 Å². The highest BCUT2D eigenvalue weighted by molar-refractivity contribution is 5.81. The highest BCUT2D eigenvalue weighted by Crippen LogP contribution is 2.48. The summed E-state index contributed by atoms with van der Waals surface area (Å²) in [4.78, 5) is 33.2. The number of methoxy groups -OCH3 is 1. The van der Waals surface area contributed by atoms with Gasteiger partial charge in [-0.2, -0.15) is 4.98 Å². The van der Waals surface area contributed by atoms with E-state index in [1.54, 1.807) is 11.8 Å². The standard InChI is InChI=1S/C21H26N4O4/c1-14-4-6-16(7-5-14)8-18(26)25-12-21(13-25)11-24(19(27)10-28-3)9-17(21)20-22-15(2)23-29-20/h4-7,17H,8-13H2,1-3H3. The largest absolute Gasteiger partial charge is 0.375 e. The average Bonchev–Trinajstić information content (AvgIpc) is 3.26. The van der Waals surface area contributed by atoms with E-state index in [9.17, 15) is 9.59 Å². The summed E-state index contributed by atoms with van der Waals surface area (Å²) >= 11 is 0. The molecule has 154 valence electrons. The van der Waals surface area contributed by atoms with E-state index in [-0.39, 0.29) is 29.8 Å². The monoisotopic (exact) mass is 398 g/mol. The van der Waals surface area contributed by atoms with Crippen LogP contribution in [0.3, 0.4) is 0 Å². The molecule has 0 saturated carbocycles. The number of rotatable bonds is 5. The normalized spacial score (nSPS) is 20.2. The summed E-state index contributed by atoms with van der Waals surface area (Å²) in [6.45, 7) is 6.09. The van der Waals surface area contributed by atoms with Crippen LogP contribution >= 0.6 is 0 Å². The van der Waals surface area contributed by atoms with Crippen molar-refractivity contribution in [3.05, 3.63) is 47.1 Å². The number of aromatic nitrogens is 2. The van der Waals surface area contributed by atoms with Gasteiger partial charge in [0.25, 0.3) is 0 Å². The molecule has 2 aliphatic rings. The number of ether oxygens (including phenoxy) is 1. The van der Waals surface area contributed by atoms with Crippen molar-refractivity contribution in [2.75, 3.05) is 39.9 Å². The number of hydrogen-bond acceptors (Lipinski definition) is 6. The summed E-state index contributed by atoms with van der Waals surface area (Å²) in [6, 6.07) is 8.02. The fraction of sp³-hybridized carbons (Fsp3) is 0.524. The molecule has 1 unspecified atom stereocenters. The molecule has 0 aliphatic carbocycles. The van der Waals surface area contributed by atoms with E-state index in [0.29, 0.717) is 44.3 Å². The zero-order valence-electron chi connectivity index (χ0n) is 17.1. The van der Waals surface area contributed by atoms with Crippen LogP contribution < -0.4 is 0 Å². The third-order valence-electron chi connectivity index (χ3n) is 5.95. The zero-order valence-corrected chi connectivity index (χ0v) is 17.1. The molecule has 0 radical (unpaired) electrons. The van der Waals surface area contributed by atoms with Crippen LogP contribution in [-0.2, 0) is 20.7 Å². The fourth-order valence-corrected chi connectivity index (χ4v) is 4.37. The lowest BCUT2D eigenvalue weighted by molar-refractivity contribution is -0.144. The van der Waals surface area contributed by atoms with Crippen molar-refractivity contribution >= 4 is 11.8 Å². The SMILES string of the molecule is COCC(=O)N1CC(c2nc(C)no2)C2(C1)CN(C(=O)Cc1ccc(C)cc1)C2. The van der Waals surface area contributed by atoms with Crippen molar-refractivity contribution < 1.29 is 18.8 Å². The van der Waals surface area contributed by atoms with Crippen LogP contribution in [0.4, 0.5) is 0 Å². The predicted octanol–water partition coefficient (Wildman–Crippen LogP) is 1.33. The Balaban J connectivity index is 1.47. The summed E-state index contributed by atoms with van der Waals surface area (Å²) in [5, 5.41) is 3.91. The third kappa shape index (κ3) is 3.76. The van der Waals surface area contributed by atoms with Crippen LogP contribution in [0.1, 0.15) is 28.8 Å². The molecular weight excluding hydrogens is 372 g/mol. The van der Waals surface area contributed by atoms with E-state index in [1.807, 2.05) is 36.1 Å². The smallest absolute Gasteiger partial charge is 0.248 e. The first-order valence-corrected chi connectivity index (χ1v) is 9.80. The number of carbonyl (C=O) groups is 2. The van der Waals surface area contributed by atoms with Crippen LogP contribution in [0.5, 0.6) is 0 Å². The molecule has 29 heavy (non-hydrogen) atoms. The summed E-state index contributed by atoms with van der Waals surface area (Å²) in [5.74, 6) is 1.08. The molecule has 2 saturated heterocycles. The second-order valence-corrected chi connectivity index (χ2v) is 8.21. The first-order valence-electron chi connectivity index (χ1n) is 9.80. The second kappa shape index (κ2) is 7.59. The summed E-state index contributed by atoms with van der Waals surface area (Å²) < 4.78 is 10.4. The van der Waals surface area contributed by atoms with E-state index in [2.05, 4.69) is 10.1 Å². The number of carbonyl (C=O) groups excluding carboxylic acids is 2. The maximum atomic E-state index is 12.8. The lowest BCUT2D eigenvalue weighted by Crippen LogP contribution is -2.62. The van der Waals surface area contributed by atoms with Crippen LogP contribution in [-0.4, -0.2) is 71.7 Å². The second-order valence-electron chi connectivity index (χ2n) is 8.21. The van der Waals surface area contributed by atoms with Gasteiger partial charge in [-0.15, -0.1) is 0 Å². The molecule has 1 atom stereocenters. The number of nitrogens with zero attached hydrogens (tertiary/aromatic N) is 4. The van der Waals surface area contributed by atoms with Gasteiger partial charge in [0.1, 0.15) is 6.61 Å². The van der Waals surface area contributed by atoms with Crippen LogP contribution in [0, 0.1) is 19.3 Å². The van der Waals surface area contributed by atoms with Crippen molar-refractivity contribution in [1.82, 2.24) is 19.9 Å². The number of hydrogen-bond donors (Lipinski definition) is 0. The number of benzene rings is 1. The summed E-state index contributed by atoms with van der Waals surface area (Å²) in [5.41, 5.74) is 1.94. The quantitative estimate of drug-likeness (QED) is 0.755. The molecule has 0 bridgehead atoms. The van der Waals surface area contributed by atoms with Gasteiger partial charge in [0.05, 0.1) is 12.3 Å². The fourth-order valence-electron chi connectivity index (χ4n) is 4.37. The minimum atomic E-state index is -0.245. The zero-order chi connectivity index (χ0) is 20.6.